The van der Waals surface area contributed by atoms with Gasteiger partial charge in [-0.1, -0.05) is 22.0 Å². The number of anilines is 2. The molecule has 2 heterocycles. The Hall–Kier alpha value is -2.77. The molecule has 0 bridgehead atoms. The number of fused-ring (bicyclic) bond motifs is 2. The molecule has 1 N–H and O–H groups in total. The van der Waals surface area contributed by atoms with Gasteiger partial charge in [-0.3, -0.25) is 4.98 Å². The largest absolute Gasteiger partial charge is 0.488 e. The van der Waals surface area contributed by atoms with Crippen LogP contribution in [0.5, 0.6) is 5.75 Å². The van der Waals surface area contributed by atoms with Gasteiger partial charge in [0.05, 0.1) is 16.4 Å². The van der Waals surface area contributed by atoms with Crippen LogP contribution in [-0.4, -0.2) is 46.6 Å². The lowest BCUT2D eigenvalue weighted by atomic mass is 10.1. The fourth-order valence-electron chi connectivity index (χ4n) is 3.37. The van der Waals surface area contributed by atoms with Gasteiger partial charge in [0.15, 0.2) is 0 Å². The molecule has 0 aliphatic rings. The van der Waals surface area contributed by atoms with Crippen molar-refractivity contribution in [3.63, 3.8) is 0 Å². The van der Waals surface area contributed by atoms with Crippen LogP contribution in [0.25, 0.3) is 21.8 Å². The van der Waals surface area contributed by atoms with Crippen LogP contribution in [0.1, 0.15) is 6.92 Å². The molecule has 0 amide bonds. The normalized spacial score (nSPS) is 12.4. The van der Waals surface area contributed by atoms with Gasteiger partial charge in [0, 0.05) is 28.3 Å². The number of aromatic nitrogens is 3. The number of halogens is 1. The number of pyridine rings is 1. The lowest BCUT2D eigenvalue weighted by Gasteiger charge is -2.20. The predicted molar refractivity (Wildman–Crippen MR) is 121 cm³/mol. The first-order valence-electron chi connectivity index (χ1n) is 9.37. The molecule has 2 aromatic heterocycles. The van der Waals surface area contributed by atoms with Gasteiger partial charge in [0.2, 0.25) is 0 Å². The summed E-state index contributed by atoms with van der Waals surface area (Å²) in [6.07, 6.45) is 3.37. The van der Waals surface area contributed by atoms with Crippen molar-refractivity contribution in [3.05, 3.63) is 59.5 Å². The van der Waals surface area contributed by atoms with Crippen molar-refractivity contribution < 1.29 is 4.74 Å². The van der Waals surface area contributed by atoms with Gasteiger partial charge in [-0.25, -0.2) is 9.97 Å². The molecule has 1 atom stereocenters. The highest BCUT2D eigenvalue weighted by Gasteiger charge is 2.15. The van der Waals surface area contributed by atoms with E-state index in [-0.39, 0.29) is 6.10 Å². The minimum Gasteiger partial charge on any atom is -0.488 e. The Morgan fingerprint density at radius 3 is 2.76 bits per heavy atom. The first-order valence-corrected chi connectivity index (χ1v) is 10.2. The third-order valence-electron chi connectivity index (χ3n) is 4.48. The fourth-order valence-corrected chi connectivity index (χ4v) is 3.79. The second-order valence-electron chi connectivity index (χ2n) is 7.25. The van der Waals surface area contributed by atoms with E-state index in [0.717, 1.165) is 44.3 Å². The number of nitrogens with one attached hydrogen (secondary N) is 1. The van der Waals surface area contributed by atoms with E-state index >= 15 is 0 Å². The molecule has 0 fully saturated rings. The van der Waals surface area contributed by atoms with Crippen LogP contribution in [0.15, 0.2) is 59.5 Å². The molecule has 0 saturated carbocycles. The maximum absolute atomic E-state index is 6.27. The highest BCUT2D eigenvalue weighted by Crippen LogP contribution is 2.35. The molecule has 4 rings (SSSR count). The minimum atomic E-state index is 0.0160. The van der Waals surface area contributed by atoms with Gasteiger partial charge in [-0.2, -0.15) is 0 Å². The Balaban J connectivity index is 1.75. The monoisotopic (exact) mass is 451 g/mol. The summed E-state index contributed by atoms with van der Waals surface area (Å²) in [4.78, 5) is 15.4. The highest BCUT2D eigenvalue weighted by atomic mass is 79.9. The molecule has 0 radical (unpaired) electrons. The van der Waals surface area contributed by atoms with E-state index < -0.39 is 0 Å². The van der Waals surface area contributed by atoms with Crippen molar-refractivity contribution in [2.75, 3.05) is 26.0 Å². The molecule has 148 valence electrons. The van der Waals surface area contributed by atoms with E-state index in [1.165, 1.54) is 0 Å². The second kappa shape index (κ2) is 8.31. The average Bonchev–Trinajstić information content (AvgIpc) is 2.67. The molecule has 0 spiro atoms. The van der Waals surface area contributed by atoms with Gasteiger partial charge >= 0.3 is 0 Å². The lowest BCUT2D eigenvalue weighted by molar-refractivity contribution is 0.179. The van der Waals surface area contributed by atoms with Crippen LogP contribution in [0.3, 0.4) is 0 Å². The van der Waals surface area contributed by atoms with E-state index in [9.17, 15) is 0 Å². The topological polar surface area (TPSA) is 63.2 Å². The first kappa shape index (κ1) is 19.5. The Morgan fingerprint density at radius 2 is 1.93 bits per heavy atom. The summed E-state index contributed by atoms with van der Waals surface area (Å²) >= 11 is 3.56. The van der Waals surface area contributed by atoms with Crippen molar-refractivity contribution >= 4 is 49.2 Å². The summed E-state index contributed by atoms with van der Waals surface area (Å²) < 4.78 is 7.18. The molecule has 0 aliphatic heterocycles. The SMILES string of the molecule is CC(CN(C)C)Oc1cc(Br)cc2ncnc(Nc3ccc4ncccc4c3)c12. The maximum atomic E-state index is 6.27. The standard InChI is InChI=1S/C22H22BrN5O/c1-14(12-28(2)3)29-20-11-16(23)10-19-21(20)22(26-13-25-19)27-17-6-7-18-15(9-17)5-4-8-24-18/h4-11,13-14H,12H2,1-3H3,(H,25,26,27). The summed E-state index contributed by atoms with van der Waals surface area (Å²) in [6, 6.07) is 14.0. The Labute approximate surface area is 178 Å². The van der Waals surface area contributed by atoms with E-state index in [2.05, 4.69) is 54.1 Å². The zero-order chi connectivity index (χ0) is 20.4. The average molecular weight is 452 g/mol. The van der Waals surface area contributed by atoms with Gasteiger partial charge in [-0.05, 0) is 57.4 Å². The zero-order valence-corrected chi connectivity index (χ0v) is 18.1. The fraction of sp³-hybridized carbons (Fsp3) is 0.227. The van der Waals surface area contributed by atoms with E-state index in [4.69, 9.17) is 4.74 Å². The van der Waals surface area contributed by atoms with Crippen molar-refractivity contribution in [2.24, 2.45) is 0 Å². The first-order chi connectivity index (χ1) is 14.0. The predicted octanol–water partition coefficient (Wildman–Crippen LogP) is 5.01. The summed E-state index contributed by atoms with van der Waals surface area (Å²) in [5.41, 5.74) is 2.70. The molecule has 7 heteroatoms. The number of benzene rings is 2. The molecule has 4 aromatic rings. The van der Waals surface area contributed by atoms with Crippen LogP contribution in [0.2, 0.25) is 0 Å². The number of rotatable bonds is 6. The van der Waals surface area contributed by atoms with Crippen molar-refractivity contribution in [1.82, 2.24) is 19.9 Å². The quantitative estimate of drug-likeness (QED) is 0.444. The third kappa shape index (κ3) is 4.46. The van der Waals surface area contributed by atoms with Crippen molar-refractivity contribution in [3.8, 4) is 5.75 Å². The molecule has 6 nitrogen and oxygen atoms in total. The molecular weight excluding hydrogens is 430 g/mol. The van der Waals surface area contributed by atoms with Gasteiger partial charge < -0.3 is 15.0 Å². The van der Waals surface area contributed by atoms with Crippen molar-refractivity contribution in [1.29, 1.82) is 0 Å². The van der Waals surface area contributed by atoms with E-state index in [1.54, 1.807) is 12.5 Å². The van der Waals surface area contributed by atoms with Crippen LogP contribution in [-0.2, 0) is 0 Å². The third-order valence-corrected chi connectivity index (χ3v) is 4.94. The summed E-state index contributed by atoms with van der Waals surface area (Å²) in [6.45, 7) is 2.86. The molecule has 0 aliphatic carbocycles. The Morgan fingerprint density at radius 1 is 1.07 bits per heavy atom. The number of hydrogen-bond donors (Lipinski definition) is 1. The van der Waals surface area contributed by atoms with Crippen LogP contribution in [0, 0.1) is 0 Å². The molecular formula is C22H22BrN5O. The summed E-state index contributed by atoms with van der Waals surface area (Å²) in [5, 5.41) is 5.35. The van der Waals surface area contributed by atoms with Crippen LogP contribution in [0.4, 0.5) is 11.5 Å². The second-order valence-corrected chi connectivity index (χ2v) is 8.16. The zero-order valence-electron chi connectivity index (χ0n) is 16.6. The van der Waals surface area contributed by atoms with Crippen LogP contribution < -0.4 is 10.1 Å². The number of likely N-dealkylation sites (N-methyl/N-ethyl adjacent to an activating group) is 1. The lowest BCUT2D eigenvalue weighted by Crippen LogP contribution is -2.28. The smallest absolute Gasteiger partial charge is 0.145 e. The molecule has 2 aromatic carbocycles. The van der Waals surface area contributed by atoms with Gasteiger partial charge in [0.25, 0.3) is 0 Å². The maximum Gasteiger partial charge on any atom is 0.145 e. The number of nitrogens with zero attached hydrogens (tertiary/aromatic N) is 4. The molecule has 0 saturated heterocycles. The molecule has 29 heavy (non-hydrogen) atoms. The Kier molecular flexibility index (Phi) is 5.60. The van der Waals surface area contributed by atoms with E-state index in [0.29, 0.717) is 5.82 Å². The molecule has 1 unspecified atom stereocenters. The van der Waals surface area contributed by atoms with Crippen molar-refractivity contribution in [2.45, 2.75) is 13.0 Å². The highest BCUT2D eigenvalue weighted by molar-refractivity contribution is 9.10. The summed E-state index contributed by atoms with van der Waals surface area (Å²) in [7, 11) is 4.06. The Bertz CT molecular complexity index is 1160. The number of hydrogen-bond acceptors (Lipinski definition) is 6. The van der Waals surface area contributed by atoms with Gasteiger partial charge in [-0.15, -0.1) is 0 Å². The summed E-state index contributed by atoms with van der Waals surface area (Å²) in [5.74, 6) is 1.45. The van der Waals surface area contributed by atoms with E-state index in [1.807, 2.05) is 50.5 Å². The number of ether oxygens (including phenoxy) is 1. The van der Waals surface area contributed by atoms with Crippen LogP contribution >= 0.6 is 15.9 Å². The van der Waals surface area contributed by atoms with Gasteiger partial charge in [0.1, 0.15) is 24.0 Å². The minimum absolute atomic E-state index is 0.0160.